The van der Waals surface area contributed by atoms with Crippen molar-refractivity contribution in [3.63, 3.8) is 0 Å². The number of ether oxygens (including phenoxy) is 8. The normalized spacial score (nSPS) is 39.5. The van der Waals surface area contributed by atoms with Gasteiger partial charge in [0.2, 0.25) is 0 Å². The molecule has 8 unspecified atom stereocenters. The van der Waals surface area contributed by atoms with Crippen molar-refractivity contribution in [1.29, 1.82) is 0 Å². The fraction of sp³-hybridized carbons (Fsp3) is 1.00. The first-order valence-corrected chi connectivity index (χ1v) is 13.0. The molecule has 4 aliphatic rings. The molecular formula is C25H44O8. The predicted molar refractivity (Wildman–Crippen MR) is 120 cm³/mol. The largest absolute Gasteiger partial charge is 0.350 e. The molecule has 8 atom stereocenters. The van der Waals surface area contributed by atoms with E-state index in [-0.39, 0.29) is 49.6 Å². The summed E-state index contributed by atoms with van der Waals surface area (Å²) < 4.78 is 47.2. The molecule has 4 rings (SSSR count). The predicted octanol–water partition coefficient (Wildman–Crippen LogP) is 4.00. The van der Waals surface area contributed by atoms with Crippen LogP contribution in [0.1, 0.15) is 72.6 Å². The second-order valence-electron chi connectivity index (χ2n) is 10.6. The Morgan fingerprint density at radius 2 is 1.06 bits per heavy atom. The zero-order valence-electron chi connectivity index (χ0n) is 20.8. The molecule has 0 bridgehead atoms. The minimum atomic E-state index is -0.259. The van der Waals surface area contributed by atoms with Crippen molar-refractivity contribution in [1.82, 2.24) is 0 Å². The molecule has 0 amide bonds. The van der Waals surface area contributed by atoms with Crippen molar-refractivity contribution in [3.05, 3.63) is 0 Å². The van der Waals surface area contributed by atoms with Crippen molar-refractivity contribution in [3.8, 4) is 0 Å². The standard InChI is InChI=1S/C25H44O8/c1-16(2)10-22-26-13-20(31-22)8-9-21-14-28-24(32-21)11-23-27-12-18(30-23)6-5-7-19-15-29-25(33-19)17(3)4/h16-25H,5-15H2,1-4H3. The van der Waals surface area contributed by atoms with E-state index in [4.69, 9.17) is 37.9 Å². The van der Waals surface area contributed by atoms with E-state index < -0.39 is 0 Å². The van der Waals surface area contributed by atoms with Crippen LogP contribution < -0.4 is 0 Å². The van der Waals surface area contributed by atoms with Crippen molar-refractivity contribution >= 4 is 0 Å². The fourth-order valence-electron chi connectivity index (χ4n) is 4.81. The van der Waals surface area contributed by atoms with E-state index in [2.05, 4.69) is 27.7 Å². The van der Waals surface area contributed by atoms with E-state index in [9.17, 15) is 0 Å². The topological polar surface area (TPSA) is 73.8 Å². The summed E-state index contributed by atoms with van der Waals surface area (Å²) in [5.74, 6) is 0.975. The minimum Gasteiger partial charge on any atom is -0.350 e. The number of hydrogen-bond acceptors (Lipinski definition) is 8. The summed E-state index contributed by atoms with van der Waals surface area (Å²) in [6.45, 7) is 11.2. The molecule has 4 heterocycles. The summed E-state index contributed by atoms with van der Waals surface area (Å²) >= 11 is 0. The van der Waals surface area contributed by atoms with Gasteiger partial charge >= 0.3 is 0 Å². The molecule has 8 nitrogen and oxygen atoms in total. The molecule has 0 N–H and O–H groups in total. The Morgan fingerprint density at radius 3 is 1.61 bits per heavy atom. The molecule has 4 aliphatic heterocycles. The molecule has 0 aromatic carbocycles. The molecule has 33 heavy (non-hydrogen) atoms. The van der Waals surface area contributed by atoms with Crippen molar-refractivity contribution in [2.75, 3.05) is 26.4 Å². The average molecular weight is 473 g/mol. The Morgan fingerprint density at radius 1 is 0.576 bits per heavy atom. The van der Waals surface area contributed by atoms with Crippen LogP contribution in [0.2, 0.25) is 0 Å². The molecule has 0 aromatic heterocycles. The monoisotopic (exact) mass is 472 g/mol. The Balaban J connectivity index is 1.04. The van der Waals surface area contributed by atoms with Gasteiger partial charge in [-0.05, 0) is 38.0 Å². The van der Waals surface area contributed by atoms with Crippen LogP contribution in [0.25, 0.3) is 0 Å². The van der Waals surface area contributed by atoms with E-state index in [1.807, 2.05) is 0 Å². The van der Waals surface area contributed by atoms with E-state index in [1.54, 1.807) is 0 Å². The third kappa shape index (κ3) is 8.10. The van der Waals surface area contributed by atoms with E-state index in [0.717, 1.165) is 38.5 Å². The van der Waals surface area contributed by atoms with Crippen LogP contribution in [0, 0.1) is 11.8 Å². The lowest BCUT2D eigenvalue weighted by Crippen LogP contribution is -2.22. The summed E-state index contributed by atoms with van der Waals surface area (Å²) in [6.07, 6.45) is 6.41. The second-order valence-corrected chi connectivity index (χ2v) is 10.6. The molecule has 4 fully saturated rings. The quantitative estimate of drug-likeness (QED) is 0.422. The summed E-state index contributed by atoms with van der Waals surface area (Å²) in [6, 6.07) is 0. The third-order valence-corrected chi connectivity index (χ3v) is 6.67. The number of hydrogen-bond donors (Lipinski definition) is 0. The highest BCUT2D eigenvalue weighted by Gasteiger charge is 2.35. The molecule has 0 aliphatic carbocycles. The average Bonchev–Trinajstić information content (AvgIpc) is 3.55. The summed E-state index contributed by atoms with van der Waals surface area (Å²) in [7, 11) is 0. The Hall–Kier alpha value is -0.320. The maximum atomic E-state index is 6.08. The SMILES string of the molecule is CC(C)CC1OCC(CCC2COC(CC3OCC(CCCC4COC(C(C)C)O4)O3)O2)O1. The maximum Gasteiger partial charge on any atom is 0.163 e. The zero-order valence-corrected chi connectivity index (χ0v) is 20.8. The third-order valence-electron chi connectivity index (χ3n) is 6.67. The van der Waals surface area contributed by atoms with Crippen LogP contribution >= 0.6 is 0 Å². The van der Waals surface area contributed by atoms with Gasteiger partial charge in [-0.1, -0.05) is 27.7 Å². The van der Waals surface area contributed by atoms with Gasteiger partial charge in [-0.15, -0.1) is 0 Å². The van der Waals surface area contributed by atoms with Gasteiger partial charge in [0.1, 0.15) is 0 Å². The highest BCUT2D eigenvalue weighted by molar-refractivity contribution is 4.75. The highest BCUT2D eigenvalue weighted by Crippen LogP contribution is 2.28. The van der Waals surface area contributed by atoms with Gasteiger partial charge in [-0.2, -0.15) is 0 Å². The molecule has 0 spiro atoms. The Labute approximate surface area is 198 Å². The highest BCUT2D eigenvalue weighted by atomic mass is 16.8. The summed E-state index contributed by atoms with van der Waals surface area (Å²) in [5.41, 5.74) is 0. The van der Waals surface area contributed by atoms with Gasteiger partial charge in [0.25, 0.3) is 0 Å². The van der Waals surface area contributed by atoms with Gasteiger partial charge in [0.05, 0.1) is 50.8 Å². The zero-order chi connectivity index (χ0) is 23.2. The molecule has 0 saturated carbocycles. The van der Waals surface area contributed by atoms with E-state index in [1.165, 1.54) is 0 Å². The van der Waals surface area contributed by atoms with E-state index in [0.29, 0.717) is 44.7 Å². The van der Waals surface area contributed by atoms with Crippen LogP contribution in [0.5, 0.6) is 0 Å². The van der Waals surface area contributed by atoms with Crippen LogP contribution in [-0.4, -0.2) is 76.0 Å². The van der Waals surface area contributed by atoms with Gasteiger partial charge in [0.15, 0.2) is 25.2 Å². The minimum absolute atomic E-state index is 0.0518. The van der Waals surface area contributed by atoms with Crippen LogP contribution in [0.4, 0.5) is 0 Å². The number of rotatable bonds is 12. The maximum absolute atomic E-state index is 6.08. The van der Waals surface area contributed by atoms with Gasteiger partial charge in [0, 0.05) is 18.8 Å². The van der Waals surface area contributed by atoms with E-state index >= 15 is 0 Å². The Kier molecular flexibility index (Phi) is 9.82. The molecule has 0 radical (unpaired) electrons. The van der Waals surface area contributed by atoms with Crippen molar-refractivity contribution in [2.24, 2.45) is 11.8 Å². The smallest absolute Gasteiger partial charge is 0.163 e. The molecular weight excluding hydrogens is 428 g/mol. The lowest BCUT2D eigenvalue weighted by Gasteiger charge is -2.17. The van der Waals surface area contributed by atoms with Crippen LogP contribution in [0.15, 0.2) is 0 Å². The van der Waals surface area contributed by atoms with Crippen LogP contribution in [0.3, 0.4) is 0 Å². The molecule has 8 heteroatoms. The van der Waals surface area contributed by atoms with Gasteiger partial charge in [-0.3, -0.25) is 0 Å². The fourth-order valence-corrected chi connectivity index (χ4v) is 4.81. The van der Waals surface area contributed by atoms with Crippen molar-refractivity contribution in [2.45, 2.75) is 122 Å². The van der Waals surface area contributed by atoms with Gasteiger partial charge < -0.3 is 37.9 Å². The Bertz CT molecular complexity index is 573. The first-order chi connectivity index (χ1) is 15.9. The summed E-state index contributed by atoms with van der Waals surface area (Å²) in [5, 5.41) is 0. The second kappa shape index (κ2) is 12.6. The van der Waals surface area contributed by atoms with Gasteiger partial charge in [-0.25, -0.2) is 0 Å². The first kappa shape index (κ1) is 25.8. The summed E-state index contributed by atoms with van der Waals surface area (Å²) in [4.78, 5) is 0. The lowest BCUT2D eigenvalue weighted by atomic mass is 10.1. The first-order valence-electron chi connectivity index (χ1n) is 13.0. The van der Waals surface area contributed by atoms with Crippen molar-refractivity contribution < 1.29 is 37.9 Å². The lowest BCUT2D eigenvalue weighted by molar-refractivity contribution is -0.139. The van der Waals surface area contributed by atoms with Crippen LogP contribution in [-0.2, 0) is 37.9 Å². The molecule has 0 aromatic rings. The molecule has 4 saturated heterocycles. The molecule has 192 valence electrons.